The van der Waals surface area contributed by atoms with E-state index < -0.39 is 9.84 Å². The number of thiazole rings is 1. The number of oxazole rings is 1. The number of nitrogens with zero attached hydrogens (tertiary/aromatic N) is 2. The van der Waals surface area contributed by atoms with Gasteiger partial charge in [-0.15, -0.1) is 11.3 Å². The summed E-state index contributed by atoms with van der Waals surface area (Å²) in [7, 11) is -3.45. The van der Waals surface area contributed by atoms with Crippen LogP contribution >= 0.6 is 22.9 Å². The zero-order chi connectivity index (χ0) is 21.1. The van der Waals surface area contributed by atoms with Crippen LogP contribution in [0.15, 0.2) is 64.6 Å². The molecule has 0 spiro atoms. The van der Waals surface area contributed by atoms with E-state index in [1.165, 1.54) is 23.2 Å². The van der Waals surface area contributed by atoms with Gasteiger partial charge in [0, 0.05) is 21.5 Å². The molecule has 5 nitrogen and oxygen atoms in total. The second-order valence-corrected chi connectivity index (χ2v) is 10.2. The van der Waals surface area contributed by atoms with E-state index in [4.69, 9.17) is 16.0 Å². The van der Waals surface area contributed by atoms with E-state index in [9.17, 15) is 8.42 Å². The van der Waals surface area contributed by atoms with Crippen LogP contribution in [0, 0.1) is 0 Å². The van der Waals surface area contributed by atoms with Gasteiger partial charge in [0.25, 0.3) is 0 Å². The lowest BCUT2D eigenvalue weighted by Crippen LogP contribution is -2.08. The lowest BCUT2D eigenvalue weighted by atomic mass is 10.1. The van der Waals surface area contributed by atoms with Gasteiger partial charge in [-0.1, -0.05) is 48.9 Å². The SMILES string of the molecule is CCc1ccc(-c2nc(CS(=O)(=O)Cc3coc(-c4cccc(Cl)c4)n3)cs2)cc1. The Bertz CT molecular complexity index is 1260. The molecule has 0 bridgehead atoms. The van der Waals surface area contributed by atoms with E-state index in [1.54, 1.807) is 29.6 Å². The van der Waals surface area contributed by atoms with Crippen molar-refractivity contribution in [2.75, 3.05) is 0 Å². The number of aryl methyl sites for hydroxylation is 1. The standard InChI is InChI=1S/C22H19ClN2O3S2/c1-2-15-6-8-16(9-7-15)22-25-20(12-29-22)14-30(26,27)13-19-11-28-21(24-19)17-4-3-5-18(23)10-17/h3-12H,2,13-14H2,1H3. The van der Waals surface area contributed by atoms with E-state index in [-0.39, 0.29) is 11.5 Å². The first kappa shape index (κ1) is 20.8. The van der Waals surface area contributed by atoms with Crippen molar-refractivity contribution in [2.24, 2.45) is 0 Å². The molecule has 0 saturated carbocycles. The van der Waals surface area contributed by atoms with Crippen LogP contribution in [0.2, 0.25) is 5.02 Å². The van der Waals surface area contributed by atoms with Crippen LogP contribution in [-0.4, -0.2) is 18.4 Å². The zero-order valence-corrected chi connectivity index (χ0v) is 18.6. The van der Waals surface area contributed by atoms with Crippen molar-refractivity contribution in [3.63, 3.8) is 0 Å². The molecule has 8 heteroatoms. The molecule has 0 aliphatic carbocycles. The van der Waals surface area contributed by atoms with Gasteiger partial charge in [-0.3, -0.25) is 0 Å². The summed E-state index contributed by atoms with van der Waals surface area (Å²) in [5.41, 5.74) is 3.83. The Morgan fingerprint density at radius 3 is 2.50 bits per heavy atom. The number of aromatic nitrogens is 2. The van der Waals surface area contributed by atoms with Crippen LogP contribution in [-0.2, 0) is 27.8 Å². The summed E-state index contributed by atoms with van der Waals surface area (Å²) >= 11 is 7.43. The van der Waals surface area contributed by atoms with Crippen LogP contribution in [0.3, 0.4) is 0 Å². The highest BCUT2D eigenvalue weighted by atomic mass is 35.5. The van der Waals surface area contributed by atoms with Crippen LogP contribution in [0.25, 0.3) is 22.0 Å². The molecule has 2 heterocycles. The zero-order valence-electron chi connectivity index (χ0n) is 16.2. The summed E-state index contributed by atoms with van der Waals surface area (Å²) in [4.78, 5) is 8.80. The van der Waals surface area contributed by atoms with Crippen LogP contribution < -0.4 is 0 Å². The Morgan fingerprint density at radius 1 is 1.00 bits per heavy atom. The minimum absolute atomic E-state index is 0.143. The topological polar surface area (TPSA) is 73.1 Å². The molecule has 0 aliphatic rings. The Morgan fingerprint density at radius 2 is 1.77 bits per heavy atom. The van der Waals surface area contributed by atoms with E-state index in [1.807, 2.05) is 12.1 Å². The maximum absolute atomic E-state index is 12.7. The number of rotatable bonds is 7. The Labute approximate surface area is 184 Å². The van der Waals surface area contributed by atoms with E-state index in [2.05, 4.69) is 29.0 Å². The summed E-state index contributed by atoms with van der Waals surface area (Å²) < 4.78 is 30.8. The number of benzene rings is 2. The molecule has 0 unspecified atom stereocenters. The minimum atomic E-state index is -3.45. The molecular weight excluding hydrogens is 440 g/mol. The smallest absolute Gasteiger partial charge is 0.226 e. The van der Waals surface area contributed by atoms with E-state index in [0.717, 1.165) is 17.0 Å². The highest BCUT2D eigenvalue weighted by Gasteiger charge is 2.19. The van der Waals surface area contributed by atoms with Crippen LogP contribution in [0.4, 0.5) is 0 Å². The number of halogens is 1. The fourth-order valence-corrected chi connectivity index (χ4v) is 5.42. The lowest BCUT2D eigenvalue weighted by Gasteiger charge is -2.00. The molecule has 30 heavy (non-hydrogen) atoms. The van der Waals surface area contributed by atoms with Gasteiger partial charge in [0.1, 0.15) is 11.3 Å². The lowest BCUT2D eigenvalue weighted by molar-refractivity contribution is 0.571. The monoisotopic (exact) mass is 458 g/mol. The average molecular weight is 459 g/mol. The maximum atomic E-state index is 12.7. The third-order valence-electron chi connectivity index (χ3n) is 4.52. The fourth-order valence-electron chi connectivity index (χ4n) is 3.02. The van der Waals surface area contributed by atoms with Gasteiger partial charge in [-0.05, 0) is 30.2 Å². The maximum Gasteiger partial charge on any atom is 0.226 e. The Kier molecular flexibility index (Phi) is 6.04. The third-order valence-corrected chi connectivity index (χ3v) is 7.17. The van der Waals surface area contributed by atoms with Gasteiger partial charge in [-0.2, -0.15) is 0 Å². The van der Waals surface area contributed by atoms with E-state index in [0.29, 0.717) is 27.9 Å². The molecule has 4 rings (SSSR count). The molecule has 2 aromatic heterocycles. The summed E-state index contributed by atoms with van der Waals surface area (Å²) in [6.07, 6.45) is 2.35. The van der Waals surface area contributed by atoms with Crippen molar-refractivity contribution in [1.29, 1.82) is 0 Å². The highest BCUT2D eigenvalue weighted by molar-refractivity contribution is 7.89. The molecule has 0 fully saturated rings. The van der Waals surface area contributed by atoms with Gasteiger partial charge in [0.05, 0.1) is 22.9 Å². The number of sulfone groups is 1. The number of hydrogen-bond acceptors (Lipinski definition) is 6. The summed E-state index contributed by atoms with van der Waals surface area (Å²) in [5.74, 6) is -0.0143. The molecule has 0 aliphatic heterocycles. The first-order chi connectivity index (χ1) is 14.4. The number of hydrogen-bond donors (Lipinski definition) is 0. The summed E-state index contributed by atoms with van der Waals surface area (Å²) in [6.45, 7) is 2.11. The van der Waals surface area contributed by atoms with Crippen LogP contribution in [0.5, 0.6) is 0 Å². The molecule has 4 aromatic rings. The second kappa shape index (κ2) is 8.71. The minimum Gasteiger partial charge on any atom is -0.444 e. The second-order valence-electron chi connectivity index (χ2n) is 6.88. The van der Waals surface area contributed by atoms with Crippen LogP contribution in [0.1, 0.15) is 23.9 Å². The quantitative estimate of drug-likeness (QED) is 0.350. The first-order valence-electron chi connectivity index (χ1n) is 9.36. The Balaban J connectivity index is 1.45. The first-order valence-corrected chi connectivity index (χ1v) is 12.4. The molecule has 0 radical (unpaired) electrons. The summed E-state index contributed by atoms with van der Waals surface area (Å²) in [6, 6.07) is 15.2. The van der Waals surface area contributed by atoms with Crippen molar-refractivity contribution in [3.8, 4) is 22.0 Å². The van der Waals surface area contributed by atoms with Gasteiger partial charge in [0.15, 0.2) is 9.84 Å². The molecule has 2 aromatic carbocycles. The predicted molar refractivity (Wildman–Crippen MR) is 120 cm³/mol. The average Bonchev–Trinajstić information content (AvgIpc) is 3.37. The molecule has 154 valence electrons. The van der Waals surface area contributed by atoms with Crippen molar-refractivity contribution in [2.45, 2.75) is 24.9 Å². The molecule has 0 amide bonds. The fraction of sp³-hybridized carbons (Fsp3) is 0.182. The van der Waals surface area contributed by atoms with Gasteiger partial charge in [-0.25, -0.2) is 18.4 Å². The normalized spacial score (nSPS) is 11.7. The van der Waals surface area contributed by atoms with Crippen molar-refractivity contribution in [1.82, 2.24) is 9.97 Å². The molecule has 0 atom stereocenters. The van der Waals surface area contributed by atoms with Crippen molar-refractivity contribution >= 4 is 32.8 Å². The van der Waals surface area contributed by atoms with Crippen molar-refractivity contribution in [3.05, 3.63) is 82.1 Å². The summed E-state index contributed by atoms with van der Waals surface area (Å²) in [5, 5.41) is 3.16. The highest BCUT2D eigenvalue weighted by Crippen LogP contribution is 2.26. The molecule has 0 N–H and O–H groups in total. The Hall–Kier alpha value is -2.48. The van der Waals surface area contributed by atoms with Gasteiger partial charge < -0.3 is 4.42 Å². The predicted octanol–water partition coefficient (Wildman–Crippen LogP) is 5.80. The largest absolute Gasteiger partial charge is 0.444 e. The molecular formula is C22H19ClN2O3S2. The van der Waals surface area contributed by atoms with E-state index >= 15 is 0 Å². The third kappa shape index (κ3) is 4.98. The molecule has 0 saturated heterocycles. The van der Waals surface area contributed by atoms with Gasteiger partial charge >= 0.3 is 0 Å². The van der Waals surface area contributed by atoms with Crippen molar-refractivity contribution < 1.29 is 12.8 Å². The van der Waals surface area contributed by atoms with Gasteiger partial charge in [0.2, 0.25) is 5.89 Å².